The summed E-state index contributed by atoms with van der Waals surface area (Å²) in [4.78, 5) is 13.9. The smallest absolute Gasteiger partial charge is 0.191 e. The Labute approximate surface area is 158 Å². The lowest BCUT2D eigenvalue weighted by molar-refractivity contribution is 0.787. The minimum atomic E-state index is 0.459. The van der Waals surface area contributed by atoms with Gasteiger partial charge in [-0.1, -0.05) is 19.9 Å². The molecule has 0 unspecified atom stereocenters. The molecule has 0 aliphatic carbocycles. The number of aliphatic imine (C=N–C) groups is 1. The third-order valence-corrected chi connectivity index (χ3v) is 4.82. The lowest BCUT2D eigenvalue weighted by atomic mass is 10.2. The number of nitrogens with zero attached hydrogens (tertiary/aromatic N) is 4. The molecule has 0 spiro atoms. The van der Waals surface area contributed by atoms with Gasteiger partial charge in [-0.05, 0) is 25.0 Å². The standard InChI is InChI=1S/C19H26N6S/c1-4-20-19(22-11-18-24-16(13-26-18)14(2)3)21-9-8-15-12-25-10-6-5-7-17(25)23-15/h5-7,10,12-14H,4,8-9,11H2,1-3H3,(H2,20,21,22). The highest BCUT2D eigenvalue weighted by Crippen LogP contribution is 2.18. The van der Waals surface area contributed by atoms with Crippen LogP contribution in [0, 0.1) is 0 Å². The van der Waals surface area contributed by atoms with E-state index < -0.39 is 0 Å². The first-order valence-electron chi connectivity index (χ1n) is 9.04. The molecule has 0 radical (unpaired) electrons. The Bertz CT molecular complexity index is 831. The molecule has 3 aromatic rings. The lowest BCUT2D eigenvalue weighted by Crippen LogP contribution is -2.38. The average Bonchev–Trinajstić information content (AvgIpc) is 3.26. The fourth-order valence-electron chi connectivity index (χ4n) is 2.57. The summed E-state index contributed by atoms with van der Waals surface area (Å²) in [5, 5.41) is 9.84. The van der Waals surface area contributed by atoms with E-state index in [2.05, 4.69) is 57.9 Å². The van der Waals surface area contributed by atoms with Crippen LogP contribution >= 0.6 is 11.3 Å². The molecule has 6 nitrogen and oxygen atoms in total. The second-order valence-corrected chi connectivity index (χ2v) is 7.33. The van der Waals surface area contributed by atoms with E-state index in [0.717, 1.165) is 47.5 Å². The highest BCUT2D eigenvalue weighted by molar-refractivity contribution is 7.09. The molecule has 3 heterocycles. The maximum atomic E-state index is 4.65. The number of hydrogen-bond donors (Lipinski definition) is 2. The maximum absolute atomic E-state index is 4.65. The van der Waals surface area contributed by atoms with Crippen molar-refractivity contribution in [3.8, 4) is 0 Å². The minimum absolute atomic E-state index is 0.459. The van der Waals surface area contributed by atoms with Gasteiger partial charge in [-0.15, -0.1) is 11.3 Å². The summed E-state index contributed by atoms with van der Waals surface area (Å²) >= 11 is 1.67. The van der Waals surface area contributed by atoms with Crippen molar-refractivity contribution in [2.75, 3.05) is 13.1 Å². The number of hydrogen-bond acceptors (Lipinski definition) is 4. The van der Waals surface area contributed by atoms with E-state index in [-0.39, 0.29) is 0 Å². The lowest BCUT2D eigenvalue weighted by Gasteiger charge is -2.10. The molecular weight excluding hydrogens is 344 g/mol. The molecule has 2 N–H and O–H groups in total. The van der Waals surface area contributed by atoms with Crippen LogP contribution in [0.2, 0.25) is 0 Å². The first-order chi connectivity index (χ1) is 12.7. The maximum Gasteiger partial charge on any atom is 0.191 e. The third-order valence-electron chi connectivity index (χ3n) is 3.97. The van der Waals surface area contributed by atoms with Crippen LogP contribution in [0.4, 0.5) is 0 Å². The van der Waals surface area contributed by atoms with Gasteiger partial charge in [-0.25, -0.2) is 15.0 Å². The van der Waals surface area contributed by atoms with E-state index in [1.54, 1.807) is 11.3 Å². The van der Waals surface area contributed by atoms with Crippen molar-refractivity contribution in [2.45, 2.75) is 39.7 Å². The minimum Gasteiger partial charge on any atom is -0.357 e. The molecule has 0 aliphatic heterocycles. The molecule has 26 heavy (non-hydrogen) atoms. The summed E-state index contributed by atoms with van der Waals surface area (Å²) in [6.07, 6.45) is 4.94. The molecule has 138 valence electrons. The van der Waals surface area contributed by atoms with Crippen molar-refractivity contribution >= 4 is 22.9 Å². The monoisotopic (exact) mass is 370 g/mol. The van der Waals surface area contributed by atoms with E-state index in [0.29, 0.717) is 12.5 Å². The first-order valence-corrected chi connectivity index (χ1v) is 9.92. The van der Waals surface area contributed by atoms with Crippen molar-refractivity contribution in [1.82, 2.24) is 25.0 Å². The number of pyridine rings is 1. The Kier molecular flexibility index (Phi) is 6.22. The van der Waals surface area contributed by atoms with E-state index in [1.165, 1.54) is 0 Å². The topological polar surface area (TPSA) is 66.6 Å². The summed E-state index contributed by atoms with van der Waals surface area (Å²) in [7, 11) is 0. The number of fused-ring (bicyclic) bond motifs is 1. The molecule has 3 rings (SSSR count). The number of imidazole rings is 1. The molecule has 0 amide bonds. The van der Waals surface area contributed by atoms with Gasteiger partial charge in [-0.2, -0.15) is 0 Å². The van der Waals surface area contributed by atoms with Crippen LogP contribution in [-0.4, -0.2) is 33.4 Å². The van der Waals surface area contributed by atoms with E-state index >= 15 is 0 Å². The van der Waals surface area contributed by atoms with Gasteiger partial charge in [0.15, 0.2) is 5.96 Å². The number of rotatable bonds is 7. The predicted octanol–water partition coefficient (Wildman–Crippen LogP) is 3.21. The second-order valence-electron chi connectivity index (χ2n) is 6.39. The van der Waals surface area contributed by atoms with Gasteiger partial charge in [0.25, 0.3) is 0 Å². The zero-order valence-corrected chi connectivity index (χ0v) is 16.4. The molecule has 0 saturated carbocycles. The molecule has 0 saturated heterocycles. The van der Waals surface area contributed by atoms with Gasteiger partial charge in [0, 0.05) is 37.3 Å². The summed E-state index contributed by atoms with van der Waals surface area (Å²) < 4.78 is 2.05. The first kappa shape index (κ1) is 18.4. The Morgan fingerprint density at radius 2 is 2.15 bits per heavy atom. The van der Waals surface area contributed by atoms with Crippen molar-refractivity contribution in [2.24, 2.45) is 4.99 Å². The zero-order chi connectivity index (χ0) is 18.4. The number of aromatic nitrogens is 3. The predicted molar refractivity (Wildman–Crippen MR) is 108 cm³/mol. The Hall–Kier alpha value is -2.41. The molecular formula is C19H26N6S. The summed E-state index contributed by atoms with van der Waals surface area (Å²) in [5.74, 6) is 1.28. The summed E-state index contributed by atoms with van der Waals surface area (Å²) in [6.45, 7) is 8.60. The van der Waals surface area contributed by atoms with Gasteiger partial charge in [0.1, 0.15) is 10.7 Å². The van der Waals surface area contributed by atoms with Gasteiger partial charge in [-0.3, -0.25) is 0 Å². The molecule has 0 fully saturated rings. The van der Waals surface area contributed by atoms with Crippen LogP contribution in [0.25, 0.3) is 5.65 Å². The molecule has 0 atom stereocenters. The molecule has 0 aromatic carbocycles. The van der Waals surface area contributed by atoms with Crippen LogP contribution in [0.3, 0.4) is 0 Å². The Morgan fingerprint density at radius 3 is 2.88 bits per heavy atom. The average molecular weight is 371 g/mol. The molecule has 0 bridgehead atoms. The normalized spacial score (nSPS) is 12.1. The molecule has 7 heteroatoms. The van der Waals surface area contributed by atoms with E-state index in [9.17, 15) is 0 Å². The summed E-state index contributed by atoms with van der Waals surface area (Å²) in [5.41, 5.74) is 3.19. The van der Waals surface area contributed by atoms with Crippen molar-refractivity contribution in [1.29, 1.82) is 0 Å². The van der Waals surface area contributed by atoms with Gasteiger partial charge >= 0.3 is 0 Å². The number of guanidine groups is 1. The van der Waals surface area contributed by atoms with Gasteiger partial charge in [0.2, 0.25) is 0 Å². The largest absolute Gasteiger partial charge is 0.357 e. The SMILES string of the molecule is CCNC(=NCc1nc(C(C)C)cs1)NCCc1cn2ccccc2n1. The zero-order valence-electron chi connectivity index (χ0n) is 15.6. The highest BCUT2D eigenvalue weighted by Gasteiger charge is 2.06. The Balaban J connectivity index is 1.55. The van der Waals surface area contributed by atoms with Crippen LogP contribution in [0.15, 0.2) is 41.0 Å². The van der Waals surface area contributed by atoms with Crippen LogP contribution in [-0.2, 0) is 13.0 Å². The highest BCUT2D eigenvalue weighted by atomic mass is 32.1. The third kappa shape index (κ3) is 4.82. The van der Waals surface area contributed by atoms with E-state index in [1.807, 2.05) is 28.8 Å². The van der Waals surface area contributed by atoms with Crippen molar-refractivity contribution in [3.05, 3.63) is 52.4 Å². The summed E-state index contributed by atoms with van der Waals surface area (Å²) in [6, 6.07) is 6.03. The quantitative estimate of drug-likeness (QED) is 0.495. The van der Waals surface area contributed by atoms with Crippen molar-refractivity contribution < 1.29 is 0 Å². The van der Waals surface area contributed by atoms with Gasteiger partial charge in [0.05, 0.1) is 17.9 Å². The van der Waals surface area contributed by atoms with Crippen LogP contribution in [0.1, 0.15) is 43.1 Å². The second kappa shape index (κ2) is 8.80. The number of nitrogens with one attached hydrogen (secondary N) is 2. The number of thiazole rings is 1. The Morgan fingerprint density at radius 1 is 1.27 bits per heavy atom. The van der Waals surface area contributed by atoms with Crippen molar-refractivity contribution in [3.63, 3.8) is 0 Å². The van der Waals surface area contributed by atoms with E-state index in [4.69, 9.17) is 0 Å². The van der Waals surface area contributed by atoms with Crippen LogP contribution < -0.4 is 10.6 Å². The molecule has 3 aromatic heterocycles. The van der Waals surface area contributed by atoms with Gasteiger partial charge < -0.3 is 15.0 Å². The molecule has 0 aliphatic rings. The van der Waals surface area contributed by atoms with Crippen LogP contribution in [0.5, 0.6) is 0 Å². The fourth-order valence-corrected chi connectivity index (χ4v) is 3.45. The fraction of sp³-hybridized carbons (Fsp3) is 0.421.